The minimum atomic E-state index is -0.296. The Bertz CT molecular complexity index is 578. The van der Waals surface area contributed by atoms with Gasteiger partial charge in [0.15, 0.2) is 0 Å². The normalized spacial score (nSPS) is 33.9. The Balaban J connectivity index is 2.23. The van der Waals surface area contributed by atoms with Crippen LogP contribution in [0.1, 0.15) is 52.4 Å². The Hall–Kier alpha value is -1.90. The molecule has 0 saturated carbocycles. The summed E-state index contributed by atoms with van der Waals surface area (Å²) >= 11 is 0. The lowest BCUT2D eigenvalue weighted by Gasteiger charge is -2.17. The quantitative estimate of drug-likeness (QED) is 0.311. The lowest BCUT2D eigenvalue weighted by molar-refractivity contribution is -0.139. The largest absolute Gasteiger partial charge is 0.458 e. The first-order valence-corrected chi connectivity index (χ1v) is 8.36. The zero-order valence-corrected chi connectivity index (χ0v) is 14.1. The molecule has 0 spiro atoms. The minimum absolute atomic E-state index is 0.0268. The SMILES string of the molecule is C=C1C(=O)O[C@H]2C/C(C)=C/CC/C(C)=C\CC/C(C=O)=C/C[C@H]12. The van der Waals surface area contributed by atoms with Gasteiger partial charge >= 0.3 is 5.97 Å². The van der Waals surface area contributed by atoms with Gasteiger partial charge < -0.3 is 4.74 Å². The predicted octanol–water partition coefficient (Wildman–Crippen LogP) is 4.46. The second-order valence-electron chi connectivity index (χ2n) is 6.59. The van der Waals surface area contributed by atoms with E-state index in [-0.39, 0.29) is 18.0 Å². The number of aldehydes is 1. The molecular weight excluding hydrogens is 288 g/mol. The molecule has 0 amide bonds. The monoisotopic (exact) mass is 314 g/mol. The van der Waals surface area contributed by atoms with Crippen molar-refractivity contribution in [3.8, 4) is 0 Å². The summed E-state index contributed by atoms with van der Waals surface area (Å²) in [4.78, 5) is 23.1. The van der Waals surface area contributed by atoms with E-state index in [1.54, 1.807) is 0 Å². The van der Waals surface area contributed by atoms with Crippen molar-refractivity contribution < 1.29 is 14.3 Å². The van der Waals surface area contributed by atoms with Crippen LogP contribution < -0.4 is 0 Å². The fourth-order valence-corrected chi connectivity index (χ4v) is 3.17. The van der Waals surface area contributed by atoms with E-state index in [2.05, 4.69) is 32.6 Å². The van der Waals surface area contributed by atoms with Gasteiger partial charge in [-0.1, -0.05) is 36.0 Å². The number of hydrogen-bond donors (Lipinski definition) is 0. The average molecular weight is 314 g/mol. The third kappa shape index (κ3) is 4.78. The summed E-state index contributed by atoms with van der Waals surface area (Å²) in [5, 5.41) is 0. The summed E-state index contributed by atoms with van der Waals surface area (Å²) in [6.45, 7) is 8.11. The highest BCUT2D eigenvalue weighted by Crippen LogP contribution is 2.34. The second-order valence-corrected chi connectivity index (χ2v) is 6.59. The van der Waals surface area contributed by atoms with Crippen LogP contribution in [0, 0.1) is 5.92 Å². The third-order valence-corrected chi connectivity index (χ3v) is 4.68. The van der Waals surface area contributed by atoms with Gasteiger partial charge in [0.1, 0.15) is 12.4 Å². The van der Waals surface area contributed by atoms with Gasteiger partial charge in [-0.15, -0.1) is 0 Å². The highest BCUT2D eigenvalue weighted by Gasteiger charge is 2.37. The maximum atomic E-state index is 11.8. The van der Waals surface area contributed by atoms with Crippen molar-refractivity contribution in [3.63, 3.8) is 0 Å². The van der Waals surface area contributed by atoms with Crippen LogP contribution in [0.5, 0.6) is 0 Å². The van der Waals surface area contributed by atoms with Gasteiger partial charge in [0.2, 0.25) is 0 Å². The van der Waals surface area contributed by atoms with Crippen molar-refractivity contribution in [1.29, 1.82) is 0 Å². The van der Waals surface area contributed by atoms with Crippen molar-refractivity contribution in [2.75, 3.05) is 0 Å². The number of allylic oxidation sites excluding steroid dienone is 5. The minimum Gasteiger partial charge on any atom is -0.458 e. The Kier molecular flexibility index (Phi) is 6.14. The zero-order valence-electron chi connectivity index (χ0n) is 14.1. The lowest BCUT2D eigenvalue weighted by Crippen LogP contribution is -2.17. The third-order valence-electron chi connectivity index (χ3n) is 4.68. The van der Waals surface area contributed by atoms with Crippen LogP contribution in [-0.2, 0) is 14.3 Å². The predicted molar refractivity (Wildman–Crippen MR) is 91.9 cm³/mol. The number of ether oxygens (including phenoxy) is 1. The molecule has 124 valence electrons. The Labute approximate surface area is 138 Å². The van der Waals surface area contributed by atoms with Gasteiger partial charge in [0, 0.05) is 17.9 Å². The molecule has 0 unspecified atom stereocenters. The molecule has 0 aromatic carbocycles. The highest BCUT2D eigenvalue weighted by atomic mass is 16.6. The molecule has 1 heterocycles. The number of esters is 1. The first-order valence-electron chi connectivity index (χ1n) is 8.36. The standard InChI is InChI=1S/C20H26O3/c1-14-6-4-8-15(2)12-19-18(16(3)20(22)23-19)11-10-17(13-21)9-5-7-14/h7-8,10,13,18-19H,3-6,9,11-12H2,1-2H3/b14-7-,15-8+,17-10-/t18-,19+/m1/s1. The summed E-state index contributed by atoms with van der Waals surface area (Å²) in [7, 11) is 0. The van der Waals surface area contributed by atoms with Crippen LogP contribution in [0.2, 0.25) is 0 Å². The number of carbonyl (C=O) groups excluding carboxylic acids is 2. The van der Waals surface area contributed by atoms with Gasteiger partial charge in [0.05, 0.1) is 0 Å². The van der Waals surface area contributed by atoms with Crippen molar-refractivity contribution in [1.82, 2.24) is 0 Å². The summed E-state index contributed by atoms with van der Waals surface area (Å²) in [5.74, 6) is -0.323. The van der Waals surface area contributed by atoms with E-state index in [1.165, 1.54) is 11.1 Å². The molecule has 2 rings (SSSR count). The van der Waals surface area contributed by atoms with E-state index in [0.29, 0.717) is 12.0 Å². The van der Waals surface area contributed by atoms with E-state index in [1.807, 2.05) is 6.08 Å². The molecular formula is C20H26O3. The Morgan fingerprint density at radius 3 is 2.57 bits per heavy atom. The molecule has 0 radical (unpaired) electrons. The summed E-state index contributed by atoms with van der Waals surface area (Å²) in [6.07, 6.45) is 12.2. The highest BCUT2D eigenvalue weighted by molar-refractivity contribution is 5.90. The van der Waals surface area contributed by atoms with Crippen LogP contribution in [0.15, 0.2) is 47.1 Å². The number of hydrogen-bond acceptors (Lipinski definition) is 3. The number of carbonyl (C=O) groups is 2. The Morgan fingerprint density at radius 1 is 1.13 bits per heavy atom. The van der Waals surface area contributed by atoms with Gasteiger partial charge in [-0.2, -0.15) is 0 Å². The molecule has 1 saturated heterocycles. The molecule has 1 aliphatic heterocycles. The van der Waals surface area contributed by atoms with E-state index >= 15 is 0 Å². The summed E-state index contributed by atoms with van der Waals surface area (Å²) in [5.41, 5.74) is 3.93. The van der Waals surface area contributed by atoms with Gasteiger partial charge in [0.25, 0.3) is 0 Å². The molecule has 0 aromatic heterocycles. The maximum Gasteiger partial charge on any atom is 0.334 e. The molecule has 3 nitrogen and oxygen atoms in total. The summed E-state index contributed by atoms with van der Waals surface area (Å²) in [6, 6.07) is 0. The summed E-state index contributed by atoms with van der Waals surface area (Å²) < 4.78 is 5.49. The molecule has 1 aliphatic carbocycles. The topological polar surface area (TPSA) is 43.4 Å². The van der Waals surface area contributed by atoms with Gasteiger partial charge in [-0.25, -0.2) is 4.79 Å². The first-order chi connectivity index (χ1) is 11.0. The smallest absolute Gasteiger partial charge is 0.334 e. The van der Waals surface area contributed by atoms with Crippen LogP contribution in [0.25, 0.3) is 0 Å². The van der Waals surface area contributed by atoms with Crippen molar-refractivity contribution in [3.05, 3.63) is 47.1 Å². The average Bonchev–Trinajstić information content (AvgIpc) is 2.76. The van der Waals surface area contributed by atoms with Crippen molar-refractivity contribution in [2.45, 2.75) is 58.5 Å². The molecule has 0 bridgehead atoms. The zero-order chi connectivity index (χ0) is 16.8. The van der Waals surface area contributed by atoms with E-state index in [4.69, 9.17) is 4.74 Å². The van der Waals surface area contributed by atoms with E-state index in [9.17, 15) is 9.59 Å². The maximum absolute atomic E-state index is 11.8. The first kappa shape index (κ1) is 17.5. The molecule has 23 heavy (non-hydrogen) atoms. The van der Waals surface area contributed by atoms with Gasteiger partial charge in [-0.05, 0) is 51.5 Å². The fraction of sp³-hybridized carbons (Fsp3) is 0.500. The Morgan fingerprint density at radius 2 is 1.83 bits per heavy atom. The lowest BCUT2D eigenvalue weighted by atomic mass is 9.88. The fourth-order valence-electron chi connectivity index (χ4n) is 3.17. The molecule has 2 atom stereocenters. The van der Waals surface area contributed by atoms with Gasteiger partial charge in [-0.3, -0.25) is 4.79 Å². The van der Waals surface area contributed by atoms with E-state index in [0.717, 1.165) is 44.0 Å². The van der Waals surface area contributed by atoms with E-state index < -0.39 is 0 Å². The van der Waals surface area contributed by atoms with Crippen molar-refractivity contribution >= 4 is 12.3 Å². The van der Waals surface area contributed by atoms with Crippen LogP contribution in [-0.4, -0.2) is 18.4 Å². The molecule has 2 aliphatic rings. The number of rotatable bonds is 1. The molecule has 1 fully saturated rings. The van der Waals surface area contributed by atoms with Crippen LogP contribution in [0.3, 0.4) is 0 Å². The van der Waals surface area contributed by atoms with Crippen molar-refractivity contribution in [2.24, 2.45) is 5.92 Å². The molecule has 0 N–H and O–H groups in total. The van der Waals surface area contributed by atoms with Crippen LogP contribution in [0.4, 0.5) is 0 Å². The van der Waals surface area contributed by atoms with Crippen LogP contribution >= 0.6 is 0 Å². The molecule has 0 aromatic rings. The second kappa shape index (κ2) is 8.09. The number of fused-ring (bicyclic) bond motifs is 1. The molecule has 3 heteroatoms.